The molecule has 0 unspecified atom stereocenters. The summed E-state index contributed by atoms with van der Waals surface area (Å²) in [5.74, 6) is 0.862. The van der Waals surface area contributed by atoms with Crippen LogP contribution < -0.4 is 5.32 Å². The molecule has 25 heavy (non-hydrogen) atoms. The van der Waals surface area contributed by atoms with E-state index in [1.54, 1.807) is 11.8 Å². The van der Waals surface area contributed by atoms with Gasteiger partial charge in [0, 0.05) is 18.2 Å². The van der Waals surface area contributed by atoms with E-state index in [9.17, 15) is 9.59 Å². The summed E-state index contributed by atoms with van der Waals surface area (Å²) in [6.45, 7) is 0. The number of benzene rings is 1. The third-order valence-electron chi connectivity index (χ3n) is 5.86. The van der Waals surface area contributed by atoms with E-state index in [-0.39, 0.29) is 28.8 Å². The normalized spacial score (nSPS) is 30.2. The Labute approximate surface area is 153 Å². The van der Waals surface area contributed by atoms with E-state index in [2.05, 4.69) is 17.4 Å². The fourth-order valence-corrected chi connectivity index (χ4v) is 6.21. The van der Waals surface area contributed by atoms with Crippen molar-refractivity contribution in [2.75, 3.05) is 5.75 Å². The number of fused-ring (bicyclic) bond motifs is 1. The van der Waals surface area contributed by atoms with Gasteiger partial charge in [0.15, 0.2) is 0 Å². The maximum Gasteiger partial charge on any atom is 0.243 e. The molecule has 2 amide bonds. The molecule has 0 aromatic heterocycles. The van der Waals surface area contributed by atoms with Gasteiger partial charge in [0.1, 0.15) is 10.9 Å². The first-order chi connectivity index (χ1) is 12.2. The number of hydrogen-bond acceptors (Lipinski definition) is 3. The van der Waals surface area contributed by atoms with Crippen LogP contribution in [0.2, 0.25) is 0 Å². The number of thioether (sulfide) groups is 1. The van der Waals surface area contributed by atoms with Crippen LogP contribution in [-0.4, -0.2) is 34.6 Å². The summed E-state index contributed by atoms with van der Waals surface area (Å²) in [4.78, 5) is 27.1. The van der Waals surface area contributed by atoms with Crippen molar-refractivity contribution < 1.29 is 9.59 Å². The van der Waals surface area contributed by atoms with Gasteiger partial charge in [-0.25, -0.2) is 0 Å². The molecule has 0 spiro atoms. The zero-order chi connectivity index (χ0) is 17.3. The smallest absolute Gasteiger partial charge is 0.243 e. The minimum absolute atomic E-state index is 0.0486. The molecule has 1 N–H and O–H groups in total. The van der Waals surface area contributed by atoms with E-state index in [1.165, 1.54) is 25.7 Å². The lowest BCUT2D eigenvalue weighted by Crippen LogP contribution is -2.52. The van der Waals surface area contributed by atoms with Crippen molar-refractivity contribution in [3.63, 3.8) is 0 Å². The molecular formula is C20H26N2O2S. The first-order valence-corrected chi connectivity index (χ1v) is 10.5. The van der Waals surface area contributed by atoms with Crippen LogP contribution in [-0.2, 0) is 14.5 Å². The number of hydrogen-bond donors (Lipinski definition) is 1. The molecule has 2 aliphatic heterocycles. The molecule has 2 heterocycles. The van der Waals surface area contributed by atoms with Crippen LogP contribution >= 0.6 is 11.8 Å². The number of carbonyl (C=O) groups excluding carboxylic acids is 2. The zero-order valence-electron chi connectivity index (χ0n) is 14.6. The SMILES string of the molecule is O=C(NC1CCCCCC1)[C@H]1CS[C@@]2(c3ccccc3)CCC(=O)N12. The second kappa shape index (κ2) is 7.02. The molecule has 3 fully saturated rings. The molecule has 2 atom stereocenters. The highest BCUT2D eigenvalue weighted by Gasteiger charge is 2.56. The highest BCUT2D eigenvalue weighted by Crippen LogP contribution is 2.54. The Bertz CT molecular complexity index is 642. The average Bonchev–Trinajstić information content (AvgIpc) is 3.06. The van der Waals surface area contributed by atoms with Gasteiger partial charge in [-0.1, -0.05) is 56.0 Å². The predicted octanol–water partition coefficient (Wildman–Crippen LogP) is 3.42. The van der Waals surface area contributed by atoms with E-state index in [0.29, 0.717) is 12.2 Å². The van der Waals surface area contributed by atoms with Gasteiger partial charge in [0.25, 0.3) is 0 Å². The van der Waals surface area contributed by atoms with Crippen LogP contribution in [0.15, 0.2) is 30.3 Å². The minimum atomic E-state index is -0.343. The molecule has 1 aromatic carbocycles. The molecule has 4 nitrogen and oxygen atoms in total. The van der Waals surface area contributed by atoms with Crippen molar-refractivity contribution in [3.05, 3.63) is 35.9 Å². The standard InChI is InChI=1S/C20H26N2O2S/c23-18-12-13-20(15-8-4-3-5-9-15)22(18)17(14-25-20)19(24)21-16-10-6-1-2-7-11-16/h3-5,8-9,16-17H,1-2,6-7,10-14H2,(H,21,24)/t17-,20-/m1/s1. The van der Waals surface area contributed by atoms with Gasteiger partial charge in [0.05, 0.1) is 0 Å². The topological polar surface area (TPSA) is 49.4 Å². The molecule has 4 rings (SSSR count). The largest absolute Gasteiger partial charge is 0.352 e. The predicted molar refractivity (Wildman–Crippen MR) is 100 cm³/mol. The minimum Gasteiger partial charge on any atom is -0.352 e. The fraction of sp³-hybridized carbons (Fsp3) is 0.600. The fourth-order valence-electron chi connectivity index (χ4n) is 4.56. The Hall–Kier alpha value is -1.49. The highest BCUT2D eigenvalue weighted by atomic mass is 32.2. The molecule has 5 heteroatoms. The van der Waals surface area contributed by atoms with Gasteiger partial charge < -0.3 is 10.2 Å². The van der Waals surface area contributed by atoms with Crippen molar-refractivity contribution in [1.82, 2.24) is 10.2 Å². The van der Waals surface area contributed by atoms with Crippen molar-refractivity contribution >= 4 is 23.6 Å². The van der Waals surface area contributed by atoms with Crippen molar-refractivity contribution in [1.29, 1.82) is 0 Å². The summed E-state index contributed by atoms with van der Waals surface area (Å²) < 4.78 is 0. The summed E-state index contributed by atoms with van der Waals surface area (Å²) in [5.41, 5.74) is 1.15. The number of nitrogens with one attached hydrogen (secondary N) is 1. The molecule has 0 radical (unpaired) electrons. The number of amides is 2. The first-order valence-electron chi connectivity index (χ1n) is 9.53. The number of rotatable bonds is 3. The van der Waals surface area contributed by atoms with Gasteiger partial charge in [-0.2, -0.15) is 0 Å². The molecule has 1 aliphatic carbocycles. The van der Waals surface area contributed by atoms with Crippen molar-refractivity contribution in [2.24, 2.45) is 0 Å². The second-order valence-electron chi connectivity index (χ2n) is 7.44. The average molecular weight is 359 g/mol. The van der Waals surface area contributed by atoms with Gasteiger partial charge >= 0.3 is 0 Å². The quantitative estimate of drug-likeness (QED) is 0.843. The third-order valence-corrected chi connectivity index (χ3v) is 7.45. The molecule has 134 valence electrons. The van der Waals surface area contributed by atoms with E-state index < -0.39 is 0 Å². The second-order valence-corrected chi connectivity index (χ2v) is 8.74. The number of carbonyl (C=O) groups is 2. The summed E-state index contributed by atoms with van der Waals surface area (Å²) in [7, 11) is 0. The van der Waals surface area contributed by atoms with Crippen LogP contribution in [0.5, 0.6) is 0 Å². The summed E-state index contributed by atoms with van der Waals surface area (Å²) in [5, 5.41) is 3.26. The monoisotopic (exact) mass is 358 g/mol. The molecule has 1 saturated carbocycles. The van der Waals surface area contributed by atoms with E-state index in [1.807, 2.05) is 23.1 Å². The maximum absolute atomic E-state index is 13.0. The van der Waals surface area contributed by atoms with Crippen molar-refractivity contribution in [3.8, 4) is 0 Å². The molecule has 1 aromatic rings. The van der Waals surface area contributed by atoms with Gasteiger partial charge in [-0.3, -0.25) is 9.59 Å². The molecule has 0 bridgehead atoms. The molecule has 2 saturated heterocycles. The van der Waals surface area contributed by atoms with Crippen LogP contribution in [0, 0.1) is 0 Å². The Morgan fingerprint density at radius 1 is 1.12 bits per heavy atom. The Kier molecular flexibility index (Phi) is 4.76. The Balaban J connectivity index is 1.53. The summed E-state index contributed by atoms with van der Waals surface area (Å²) in [6, 6.07) is 10.2. The van der Waals surface area contributed by atoms with Crippen LogP contribution in [0.1, 0.15) is 56.9 Å². The van der Waals surface area contributed by atoms with E-state index in [4.69, 9.17) is 0 Å². The van der Waals surface area contributed by atoms with Crippen LogP contribution in [0.4, 0.5) is 0 Å². The maximum atomic E-state index is 13.0. The molecular weight excluding hydrogens is 332 g/mol. The van der Waals surface area contributed by atoms with Gasteiger partial charge in [-0.15, -0.1) is 11.8 Å². The zero-order valence-corrected chi connectivity index (χ0v) is 15.4. The Morgan fingerprint density at radius 3 is 2.56 bits per heavy atom. The van der Waals surface area contributed by atoms with Crippen LogP contribution in [0.25, 0.3) is 0 Å². The van der Waals surface area contributed by atoms with Crippen molar-refractivity contribution in [2.45, 2.75) is 68.3 Å². The highest BCUT2D eigenvalue weighted by molar-refractivity contribution is 8.00. The summed E-state index contributed by atoms with van der Waals surface area (Å²) >= 11 is 1.76. The van der Waals surface area contributed by atoms with Gasteiger partial charge in [0.2, 0.25) is 11.8 Å². The van der Waals surface area contributed by atoms with E-state index in [0.717, 1.165) is 24.8 Å². The lowest BCUT2D eigenvalue weighted by atomic mass is 10.0. The molecule has 3 aliphatic rings. The Morgan fingerprint density at radius 2 is 1.84 bits per heavy atom. The summed E-state index contributed by atoms with van der Waals surface area (Å²) in [6.07, 6.45) is 8.41. The number of nitrogens with zero attached hydrogens (tertiary/aromatic N) is 1. The van der Waals surface area contributed by atoms with Crippen LogP contribution in [0.3, 0.4) is 0 Å². The lowest BCUT2D eigenvalue weighted by molar-refractivity contribution is -0.138. The van der Waals surface area contributed by atoms with Gasteiger partial charge in [-0.05, 0) is 24.8 Å². The first kappa shape index (κ1) is 17.0. The third kappa shape index (κ3) is 3.07. The lowest BCUT2D eigenvalue weighted by Gasteiger charge is -2.34. The van der Waals surface area contributed by atoms with E-state index >= 15 is 0 Å².